The molecule has 27 heteroatoms. The summed E-state index contributed by atoms with van der Waals surface area (Å²) in [6, 6.07) is 12.7. The summed E-state index contributed by atoms with van der Waals surface area (Å²) in [5, 5.41) is 36.2. The number of ether oxygens (including phenoxy) is 3. The van der Waals surface area contributed by atoms with Crippen molar-refractivity contribution in [1.82, 2.24) is 47.0 Å². The number of nitrogens with one attached hydrogen (secondary N) is 7. The van der Waals surface area contributed by atoms with Crippen LogP contribution in [0.4, 0.5) is 18.0 Å². The number of alkyl carbamates (subject to hydrolysis) is 1. The number of carboxylic acids is 1. The molecule has 10 N–H and O–H groups in total. The lowest BCUT2D eigenvalue weighted by atomic mass is 10.1. The molecule has 0 aliphatic heterocycles. The molecule has 22 nitrogen and oxygen atoms in total. The number of fused-ring (bicyclic) bond motifs is 2. The number of alkyl halides is 3. The summed E-state index contributed by atoms with van der Waals surface area (Å²) >= 11 is 2.10. The highest BCUT2D eigenvalue weighted by atomic mass is 32.1. The van der Waals surface area contributed by atoms with E-state index in [4.69, 9.17) is 25.1 Å². The van der Waals surface area contributed by atoms with Gasteiger partial charge in [-0.25, -0.2) is 19.2 Å². The van der Waals surface area contributed by atoms with Crippen molar-refractivity contribution in [2.75, 3.05) is 27.3 Å². The number of aromatic amines is 2. The second-order valence-corrected chi connectivity index (χ2v) is 18.6. The van der Waals surface area contributed by atoms with Crippen molar-refractivity contribution in [3.63, 3.8) is 0 Å². The van der Waals surface area contributed by atoms with Gasteiger partial charge >= 0.3 is 30.2 Å². The van der Waals surface area contributed by atoms with Crippen LogP contribution in [-0.4, -0.2) is 124 Å². The molecule has 0 radical (unpaired) electrons. The Bertz CT molecular complexity index is 2960. The average molecular weight is 1070 g/mol. The van der Waals surface area contributed by atoms with E-state index in [2.05, 4.69) is 51.7 Å². The van der Waals surface area contributed by atoms with E-state index in [0.717, 1.165) is 61.2 Å². The lowest BCUT2D eigenvalue weighted by Crippen LogP contribution is -2.49. The van der Waals surface area contributed by atoms with E-state index >= 15 is 0 Å². The summed E-state index contributed by atoms with van der Waals surface area (Å²) in [6.45, 7) is 9.18. The number of amides is 5. The Morgan fingerprint density at radius 2 is 1.09 bits per heavy atom. The van der Waals surface area contributed by atoms with Crippen molar-refractivity contribution in [3.05, 3.63) is 103 Å². The molecule has 0 bridgehead atoms. The van der Waals surface area contributed by atoms with Gasteiger partial charge in [0.25, 0.3) is 23.6 Å². The maximum atomic E-state index is 13.1. The van der Waals surface area contributed by atoms with Crippen LogP contribution in [0, 0.1) is 0 Å². The van der Waals surface area contributed by atoms with Crippen LogP contribution in [0.3, 0.4) is 0 Å². The highest BCUT2D eigenvalue weighted by Crippen LogP contribution is 2.26. The number of halogens is 3. The minimum atomic E-state index is -5.08. The van der Waals surface area contributed by atoms with Gasteiger partial charge in [-0.2, -0.15) is 23.4 Å². The predicted molar refractivity (Wildman–Crippen MR) is 265 cm³/mol. The van der Waals surface area contributed by atoms with Gasteiger partial charge in [-0.15, -0.1) is 22.7 Å². The number of aromatic nitrogens is 4. The van der Waals surface area contributed by atoms with Crippen LogP contribution in [0.25, 0.3) is 21.8 Å². The third kappa shape index (κ3) is 16.6. The number of carboxylic acid groups (broad SMARTS) is 1. The van der Waals surface area contributed by atoms with E-state index in [9.17, 15) is 46.7 Å². The molecule has 0 unspecified atom stereocenters. The minimum Gasteiger partial charge on any atom is -0.475 e. The van der Waals surface area contributed by atoms with Gasteiger partial charge in [0.1, 0.15) is 17.7 Å². The van der Waals surface area contributed by atoms with Gasteiger partial charge in [0.2, 0.25) is 0 Å². The third-order valence-corrected chi connectivity index (χ3v) is 12.5. The predicted octanol–water partition coefficient (Wildman–Crippen LogP) is 4.89. The SMILES string of the molecule is CCc1cc(C(=O)NCc2cccc3[nH]ncc23)sc1C(=O)N[C@@H](CN)C(=O)OC.CCc1cc(C(=O)NCc2cccc3[nH]ncc23)sc1C(=O)N[C@@H](CNC(=O)OC(C)(C)C)C(=O)OC.O=C(O)C(F)(F)F. The quantitative estimate of drug-likeness (QED) is 0.0434. The van der Waals surface area contributed by atoms with Crippen LogP contribution in [0.2, 0.25) is 0 Å². The van der Waals surface area contributed by atoms with Crippen molar-refractivity contribution in [1.29, 1.82) is 0 Å². The maximum Gasteiger partial charge on any atom is 0.490 e. The number of thiophene rings is 2. The second kappa shape index (κ2) is 26.7. The number of nitrogens with two attached hydrogens (primary N) is 1. The van der Waals surface area contributed by atoms with Gasteiger partial charge in [-0.1, -0.05) is 38.1 Å². The third-order valence-electron chi connectivity index (χ3n) is 10.2. The Kier molecular flexibility index (Phi) is 21.2. The molecule has 2 aromatic carbocycles. The molecule has 4 aromatic heterocycles. The average Bonchev–Trinajstić information content (AvgIpc) is 4.21. The first-order chi connectivity index (χ1) is 34.9. The molecule has 0 saturated carbocycles. The van der Waals surface area contributed by atoms with E-state index in [1.165, 1.54) is 14.2 Å². The largest absolute Gasteiger partial charge is 0.490 e. The van der Waals surface area contributed by atoms with Gasteiger partial charge in [0.15, 0.2) is 0 Å². The van der Waals surface area contributed by atoms with Gasteiger partial charge in [-0.3, -0.25) is 29.4 Å². The van der Waals surface area contributed by atoms with Crippen LogP contribution in [0.15, 0.2) is 60.9 Å². The van der Waals surface area contributed by atoms with Crippen molar-refractivity contribution < 1.29 is 70.8 Å². The molecule has 398 valence electrons. The fourth-order valence-electron chi connectivity index (χ4n) is 6.52. The lowest BCUT2D eigenvalue weighted by Gasteiger charge is -2.21. The molecule has 0 aliphatic rings. The fourth-order valence-corrected chi connectivity index (χ4v) is 8.67. The standard InChI is InChI=1S/C25H31N5O6S.C20H23N5O4S.C2HF3O2/c1-6-14-10-19(21(31)26-11-15-8-7-9-17-16(15)12-28-30-17)37-20(14)22(32)29-18(23(33)35-5)13-27-24(34)36-25(2,3)4;1-3-11-7-16(30-17(11)19(27)24-15(8-21)20(28)29-2)18(26)22-9-12-5-4-6-14-13(12)10-23-25-14;3-2(4,5)1(6)7/h7-10,12,18H,6,11,13H2,1-5H3,(H,26,31)(H,27,34)(H,28,30)(H,29,32);4-7,10,15H,3,8-9,21H2,1-2H3,(H,22,26)(H,23,25)(H,24,27);(H,6,7)/t18-;15-;/m00./s1. The normalized spacial score (nSPS) is 11.9. The smallest absolute Gasteiger partial charge is 0.475 e. The summed E-state index contributed by atoms with van der Waals surface area (Å²) in [6.07, 6.45) is -1.33. The van der Waals surface area contributed by atoms with E-state index < -0.39 is 59.7 Å². The number of carbonyl (C=O) groups excluding carboxylic acids is 7. The molecule has 6 aromatic rings. The molecule has 0 fully saturated rings. The van der Waals surface area contributed by atoms with Crippen LogP contribution in [0.1, 0.15) is 95.6 Å². The van der Waals surface area contributed by atoms with Gasteiger partial charge < -0.3 is 51.6 Å². The van der Waals surface area contributed by atoms with Crippen molar-refractivity contribution in [3.8, 4) is 0 Å². The van der Waals surface area contributed by atoms with Crippen LogP contribution in [-0.2, 0) is 54.5 Å². The Hall–Kier alpha value is -7.91. The Morgan fingerprint density at radius 3 is 1.47 bits per heavy atom. The number of hydrogen-bond acceptors (Lipinski definition) is 16. The molecular weight excluding hydrogens is 1020 g/mol. The number of hydrogen-bond donors (Lipinski definition) is 9. The first kappa shape index (κ1) is 58.7. The molecule has 2 atom stereocenters. The summed E-state index contributed by atoms with van der Waals surface area (Å²) in [5.74, 6) is -5.72. The molecule has 0 saturated heterocycles. The second-order valence-electron chi connectivity index (χ2n) is 16.5. The van der Waals surface area contributed by atoms with E-state index in [0.29, 0.717) is 44.5 Å². The minimum absolute atomic E-state index is 0.0852. The monoisotopic (exact) mass is 1070 g/mol. The zero-order valence-corrected chi connectivity index (χ0v) is 42.7. The number of rotatable bonds is 17. The molecule has 0 spiro atoms. The number of benzene rings is 2. The maximum absolute atomic E-state index is 13.1. The molecular formula is C47H55F3N10O12S2. The summed E-state index contributed by atoms with van der Waals surface area (Å²) in [7, 11) is 2.41. The highest BCUT2D eigenvalue weighted by molar-refractivity contribution is 7.16. The van der Waals surface area contributed by atoms with E-state index in [1.54, 1.807) is 45.3 Å². The summed E-state index contributed by atoms with van der Waals surface area (Å²) in [5.41, 5.74) is 9.81. The van der Waals surface area contributed by atoms with Gasteiger partial charge in [-0.05, 0) is 80.1 Å². The zero-order valence-electron chi connectivity index (χ0n) is 41.0. The molecule has 74 heavy (non-hydrogen) atoms. The number of esters is 2. The summed E-state index contributed by atoms with van der Waals surface area (Å²) < 4.78 is 46.3. The first-order valence-electron chi connectivity index (χ1n) is 22.3. The zero-order chi connectivity index (χ0) is 54.9. The van der Waals surface area contributed by atoms with Crippen LogP contribution >= 0.6 is 22.7 Å². The number of carbonyl (C=O) groups is 8. The molecule has 0 aliphatic carbocycles. The Balaban J connectivity index is 0.000000288. The summed E-state index contributed by atoms with van der Waals surface area (Å²) in [4.78, 5) is 97.5. The lowest BCUT2D eigenvalue weighted by molar-refractivity contribution is -0.192. The van der Waals surface area contributed by atoms with E-state index in [-0.39, 0.29) is 31.4 Å². The topological polar surface area (TPSA) is 328 Å². The molecule has 6 rings (SSSR count). The van der Waals surface area contributed by atoms with Gasteiger partial charge in [0.05, 0.1) is 63.7 Å². The molecule has 5 amide bonds. The van der Waals surface area contributed by atoms with Crippen molar-refractivity contribution in [2.24, 2.45) is 5.73 Å². The first-order valence-corrected chi connectivity index (χ1v) is 24.0. The number of methoxy groups -OCH3 is 2. The Morgan fingerprint density at radius 1 is 0.676 bits per heavy atom. The number of nitrogens with zero attached hydrogens (tertiary/aromatic N) is 2. The van der Waals surface area contributed by atoms with Gasteiger partial charge in [0, 0.05) is 30.4 Å². The Labute approximate surface area is 428 Å². The molecule has 4 heterocycles. The number of H-pyrrole nitrogens is 2. The van der Waals surface area contributed by atoms with Crippen molar-refractivity contribution >= 4 is 92.1 Å². The fraction of sp³-hybridized carbons (Fsp3) is 0.362. The van der Waals surface area contributed by atoms with Crippen LogP contribution in [0.5, 0.6) is 0 Å². The van der Waals surface area contributed by atoms with E-state index in [1.807, 2.05) is 50.2 Å². The van der Waals surface area contributed by atoms with Crippen LogP contribution < -0.4 is 32.3 Å². The highest BCUT2D eigenvalue weighted by Gasteiger charge is 2.38. The van der Waals surface area contributed by atoms with Crippen molar-refractivity contribution in [2.45, 2.75) is 84.4 Å². The number of aryl methyl sites for hydroxylation is 2. The number of aliphatic carboxylic acids is 1.